The van der Waals surface area contributed by atoms with Gasteiger partial charge in [0, 0.05) is 24.5 Å². The molecule has 0 fully saturated rings. The quantitative estimate of drug-likeness (QED) is 0.685. The molecule has 1 rings (SSSR count). The summed E-state index contributed by atoms with van der Waals surface area (Å²) in [6, 6.07) is 4.99. The Hall–Kier alpha value is -1.75. The molecule has 19 heavy (non-hydrogen) atoms. The van der Waals surface area contributed by atoms with Gasteiger partial charge in [-0.2, -0.15) is 0 Å². The van der Waals surface area contributed by atoms with E-state index in [2.05, 4.69) is 24.1 Å². The Bertz CT molecular complexity index is 456. The zero-order chi connectivity index (χ0) is 14.6. The van der Waals surface area contributed by atoms with Gasteiger partial charge < -0.3 is 21.1 Å². The number of carboxylic acids is 1. The number of rotatable bonds is 6. The van der Waals surface area contributed by atoms with Crippen molar-refractivity contribution in [1.82, 2.24) is 4.90 Å². The lowest BCUT2D eigenvalue weighted by Crippen LogP contribution is -2.34. The van der Waals surface area contributed by atoms with Crippen LogP contribution in [0.4, 0.5) is 11.4 Å². The van der Waals surface area contributed by atoms with Gasteiger partial charge >= 0.3 is 5.97 Å². The minimum Gasteiger partial charge on any atom is -0.478 e. The highest BCUT2D eigenvalue weighted by Gasteiger charge is 2.19. The van der Waals surface area contributed by atoms with E-state index < -0.39 is 5.97 Å². The number of nitrogens with two attached hydrogens (primary N) is 1. The van der Waals surface area contributed by atoms with Gasteiger partial charge in [0.1, 0.15) is 0 Å². The number of benzene rings is 1. The lowest BCUT2D eigenvalue weighted by molar-refractivity contribution is 0.0698. The van der Waals surface area contributed by atoms with Crippen molar-refractivity contribution >= 4 is 17.3 Å². The first-order valence-corrected chi connectivity index (χ1v) is 6.23. The lowest BCUT2D eigenvalue weighted by Gasteiger charge is -2.29. The Morgan fingerprint density at radius 2 is 2.05 bits per heavy atom. The van der Waals surface area contributed by atoms with Crippen molar-refractivity contribution in [3.8, 4) is 0 Å². The standard InChI is InChI=1S/C14H23N3O2/c1-14(2,9-17(3)4)8-16-10-5-6-12(15)11(7-10)13(18)19/h5-7,16H,8-9,15H2,1-4H3,(H,18,19). The average Bonchev–Trinajstić information content (AvgIpc) is 2.26. The van der Waals surface area contributed by atoms with Crippen LogP contribution in [0, 0.1) is 5.41 Å². The smallest absolute Gasteiger partial charge is 0.337 e. The number of nitrogens with zero attached hydrogens (tertiary/aromatic N) is 1. The second-order valence-corrected chi connectivity index (χ2v) is 5.86. The highest BCUT2D eigenvalue weighted by Crippen LogP contribution is 2.21. The van der Waals surface area contributed by atoms with Crippen molar-refractivity contribution in [2.24, 2.45) is 5.41 Å². The third-order valence-electron chi connectivity index (χ3n) is 2.80. The van der Waals surface area contributed by atoms with Gasteiger partial charge in [0.25, 0.3) is 0 Å². The average molecular weight is 265 g/mol. The molecule has 0 spiro atoms. The van der Waals surface area contributed by atoms with Crippen molar-refractivity contribution in [2.75, 3.05) is 38.2 Å². The number of anilines is 2. The molecule has 1 aromatic rings. The predicted molar refractivity (Wildman–Crippen MR) is 78.6 cm³/mol. The summed E-state index contributed by atoms with van der Waals surface area (Å²) < 4.78 is 0. The Balaban J connectivity index is 2.73. The zero-order valence-corrected chi connectivity index (χ0v) is 12.0. The topological polar surface area (TPSA) is 78.6 Å². The van der Waals surface area contributed by atoms with Crippen LogP contribution in [0.15, 0.2) is 18.2 Å². The Morgan fingerprint density at radius 1 is 1.42 bits per heavy atom. The van der Waals surface area contributed by atoms with E-state index in [0.717, 1.165) is 18.8 Å². The van der Waals surface area contributed by atoms with Crippen molar-refractivity contribution in [2.45, 2.75) is 13.8 Å². The molecule has 0 aromatic heterocycles. The van der Waals surface area contributed by atoms with E-state index >= 15 is 0 Å². The van der Waals surface area contributed by atoms with Crippen molar-refractivity contribution in [3.63, 3.8) is 0 Å². The fraction of sp³-hybridized carbons (Fsp3) is 0.500. The number of hydrogen-bond acceptors (Lipinski definition) is 4. The van der Waals surface area contributed by atoms with Gasteiger partial charge in [-0.3, -0.25) is 0 Å². The molecule has 0 unspecified atom stereocenters. The van der Waals surface area contributed by atoms with Crippen molar-refractivity contribution in [1.29, 1.82) is 0 Å². The van der Waals surface area contributed by atoms with Crippen LogP contribution in [-0.2, 0) is 0 Å². The number of aromatic carboxylic acids is 1. The molecular formula is C14H23N3O2. The van der Waals surface area contributed by atoms with E-state index in [-0.39, 0.29) is 16.7 Å². The number of carbonyl (C=O) groups is 1. The van der Waals surface area contributed by atoms with E-state index in [1.165, 1.54) is 0 Å². The van der Waals surface area contributed by atoms with Gasteiger partial charge in [-0.15, -0.1) is 0 Å². The molecule has 0 radical (unpaired) electrons. The highest BCUT2D eigenvalue weighted by atomic mass is 16.4. The number of nitrogen functional groups attached to an aromatic ring is 1. The lowest BCUT2D eigenvalue weighted by atomic mass is 9.93. The molecule has 0 saturated heterocycles. The molecular weight excluding hydrogens is 242 g/mol. The Kier molecular flexibility index (Phi) is 4.78. The summed E-state index contributed by atoms with van der Waals surface area (Å²) in [6.45, 7) is 6.03. The third kappa shape index (κ3) is 4.79. The summed E-state index contributed by atoms with van der Waals surface area (Å²) in [6.07, 6.45) is 0. The second kappa shape index (κ2) is 5.93. The normalized spacial score (nSPS) is 11.6. The molecule has 4 N–H and O–H groups in total. The van der Waals surface area contributed by atoms with Crippen LogP contribution >= 0.6 is 0 Å². The summed E-state index contributed by atoms with van der Waals surface area (Å²) >= 11 is 0. The van der Waals surface area contributed by atoms with Gasteiger partial charge in [0.15, 0.2) is 0 Å². The van der Waals surface area contributed by atoms with Crippen molar-refractivity contribution in [3.05, 3.63) is 23.8 Å². The maximum atomic E-state index is 11.0. The molecule has 5 heteroatoms. The summed E-state index contributed by atoms with van der Waals surface area (Å²) in [5.74, 6) is -1.01. The van der Waals surface area contributed by atoms with Crippen LogP contribution in [0.25, 0.3) is 0 Å². The summed E-state index contributed by atoms with van der Waals surface area (Å²) in [7, 11) is 4.07. The summed E-state index contributed by atoms with van der Waals surface area (Å²) in [5.41, 5.74) is 6.91. The number of hydrogen-bond donors (Lipinski definition) is 3. The molecule has 5 nitrogen and oxygen atoms in total. The summed E-state index contributed by atoms with van der Waals surface area (Å²) in [5, 5.41) is 12.3. The van der Waals surface area contributed by atoms with Gasteiger partial charge in [0.05, 0.1) is 5.56 Å². The molecule has 0 aliphatic heterocycles. The van der Waals surface area contributed by atoms with Crippen LogP contribution in [0.3, 0.4) is 0 Å². The minimum atomic E-state index is -1.01. The van der Waals surface area contributed by atoms with Crippen LogP contribution in [-0.4, -0.2) is 43.2 Å². The van der Waals surface area contributed by atoms with Gasteiger partial charge in [-0.25, -0.2) is 4.79 Å². The summed E-state index contributed by atoms with van der Waals surface area (Å²) in [4.78, 5) is 13.1. The molecule has 0 saturated carbocycles. The minimum absolute atomic E-state index is 0.0915. The van der Waals surface area contributed by atoms with E-state index in [1.54, 1.807) is 18.2 Å². The number of nitrogens with one attached hydrogen (secondary N) is 1. The first kappa shape index (κ1) is 15.3. The van der Waals surface area contributed by atoms with Crippen LogP contribution in [0.2, 0.25) is 0 Å². The van der Waals surface area contributed by atoms with Crippen molar-refractivity contribution < 1.29 is 9.90 Å². The first-order chi connectivity index (χ1) is 8.71. The largest absolute Gasteiger partial charge is 0.478 e. The van der Waals surface area contributed by atoms with Gasteiger partial charge in [0.2, 0.25) is 0 Å². The van der Waals surface area contributed by atoms with Crippen LogP contribution < -0.4 is 11.1 Å². The fourth-order valence-corrected chi connectivity index (χ4v) is 2.10. The van der Waals surface area contributed by atoms with Gasteiger partial charge in [-0.1, -0.05) is 13.8 Å². The number of carboxylic acid groups (broad SMARTS) is 1. The first-order valence-electron chi connectivity index (χ1n) is 6.23. The second-order valence-electron chi connectivity index (χ2n) is 5.86. The molecule has 0 atom stereocenters. The molecule has 0 heterocycles. The predicted octanol–water partition coefficient (Wildman–Crippen LogP) is 1.97. The van der Waals surface area contributed by atoms with E-state index in [0.29, 0.717) is 0 Å². The maximum Gasteiger partial charge on any atom is 0.337 e. The van der Waals surface area contributed by atoms with Gasteiger partial charge in [-0.05, 0) is 37.7 Å². The SMILES string of the molecule is CN(C)CC(C)(C)CNc1ccc(N)c(C(=O)O)c1. The molecule has 1 aromatic carbocycles. The maximum absolute atomic E-state index is 11.0. The molecule has 0 amide bonds. The van der Waals surface area contributed by atoms with Crippen LogP contribution in [0.5, 0.6) is 0 Å². The van der Waals surface area contributed by atoms with E-state index in [1.807, 2.05) is 14.1 Å². The van der Waals surface area contributed by atoms with E-state index in [9.17, 15) is 4.79 Å². The zero-order valence-electron chi connectivity index (χ0n) is 12.0. The molecule has 0 aliphatic carbocycles. The van der Waals surface area contributed by atoms with Crippen LogP contribution in [0.1, 0.15) is 24.2 Å². The molecule has 106 valence electrons. The Morgan fingerprint density at radius 3 is 2.58 bits per heavy atom. The monoisotopic (exact) mass is 265 g/mol. The molecule has 0 bridgehead atoms. The third-order valence-corrected chi connectivity index (χ3v) is 2.80. The fourth-order valence-electron chi connectivity index (χ4n) is 2.10. The Labute approximate surface area is 114 Å². The van der Waals surface area contributed by atoms with E-state index in [4.69, 9.17) is 10.8 Å². The molecule has 0 aliphatic rings. The highest BCUT2D eigenvalue weighted by molar-refractivity contribution is 5.94.